The maximum Gasteiger partial charge on any atom is 0.345 e. The van der Waals surface area contributed by atoms with Crippen LogP contribution < -0.4 is 0 Å². The van der Waals surface area contributed by atoms with Gasteiger partial charge in [-0.05, 0) is 191 Å². The second-order valence-corrected chi connectivity index (χ2v) is 27.1. The van der Waals surface area contributed by atoms with E-state index in [1.165, 1.54) is 67.1 Å². The van der Waals surface area contributed by atoms with Crippen molar-refractivity contribution in [1.82, 2.24) is 24.9 Å². The molecule has 13 nitrogen and oxygen atoms in total. The lowest BCUT2D eigenvalue weighted by Gasteiger charge is -2.08. The van der Waals surface area contributed by atoms with Gasteiger partial charge in [-0.3, -0.25) is 34.5 Å². The van der Waals surface area contributed by atoms with Crippen LogP contribution in [0.1, 0.15) is 217 Å². The lowest BCUT2D eigenvalue weighted by Crippen LogP contribution is -2.24. The predicted molar refractivity (Wildman–Crippen MR) is 367 cm³/mol. The van der Waals surface area contributed by atoms with E-state index >= 15 is 8.78 Å². The molecule has 8 aliphatic rings. The molecule has 0 aliphatic heterocycles. The molecule has 5 aromatic heterocycles. The Morgan fingerprint density at radius 3 is 1.28 bits per heavy atom. The zero-order valence-electron chi connectivity index (χ0n) is 54.5. The number of hydrogen-bond donors (Lipinski definition) is 1. The highest BCUT2D eigenvalue weighted by atomic mass is 79.9. The molecule has 8 fully saturated rings. The molecule has 1 N–H and O–H groups in total. The number of alkyl halides is 2. The van der Waals surface area contributed by atoms with E-state index < -0.39 is 53.4 Å². The first kappa shape index (κ1) is 67.5. The molecule has 0 unspecified atom stereocenters. The summed E-state index contributed by atoms with van der Waals surface area (Å²) in [5.74, 6) is -0.540. The molecule has 0 saturated heterocycles. The highest BCUT2D eigenvalue weighted by Gasteiger charge is 2.74. The molecule has 5 heterocycles. The van der Waals surface area contributed by atoms with Gasteiger partial charge in [0.15, 0.2) is 11.5 Å². The number of rotatable bonds is 20. The van der Waals surface area contributed by atoms with Crippen molar-refractivity contribution in [2.75, 3.05) is 26.4 Å². The first-order valence-corrected chi connectivity index (χ1v) is 34.9. The molecular weight excluding hydrogens is 1280 g/mol. The second-order valence-electron chi connectivity index (χ2n) is 26.2. The van der Waals surface area contributed by atoms with Gasteiger partial charge >= 0.3 is 17.9 Å². The maximum atomic E-state index is 15.6. The van der Waals surface area contributed by atoms with Gasteiger partial charge in [0.05, 0.1) is 25.7 Å². The van der Waals surface area contributed by atoms with Gasteiger partial charge in [0.25, 0.3) is 0 Å². The SMILES string of the molecule is Brc1ccnc(C2CC2)c1.CCOC(=O)/C=C\c1ccnc(C2CC2)c1.CCOC(=O)[C@@H]1[C@H](c2ccccc2)[C@H]1c1ccnc(C2CC2)c1.CCOC(=O)[C@@]1(F)[C@H](c2ccccc2)[C@H]1c1ccnc(C2CC2)c1.O=C(CO)[C@@]1(F)[C@H](c2ccccc2)[C@H]1c1ccnc(C2CC2)c1. The average Bonchev–Trinajstić information content (AvgIpc) is 1.54. The largest absolute Gasteiger partial charge is 0.466 e. The van der Waals surface area contributed by atoms with E-state index in [4.69, 9.17) is 14.2 Å². The van der Waals surface area contributed by atoms with Crippen LogP contribution in [0, 0.1) is 5.92 Å². The normalized spacial score (nSPS) is 24.7. The highest BCUT2D eigenvalue weighted by molar-refractivity contribution is 9.10. The van der Waals surface area contributed by atoms with Crippen LogP contribution >= 0.6 is 15.9 Å². The molecule has 0 amide bonds. The molecule has 9 atom stereocenters. The Kier molecular flexibility index (Phi) is 21.3. The zero-order valence-corrected chi connectivity index (χ0v) is 56.1. The van der Waals surface area contributed by atoms with Gasteiger partial charge in [-0.2, -0.15) is 0 Å². The molecule has 96 heavy (non-hydrogen) atoms. The number of ether oxygens (including phenoxy) is 3. The standard InChI is InChI=1S/C20H20FNO2.C20H21NO2.C19H18FNO2.C13H15NO2.C8H8BrN/c1-2-24-19(23)20(21)17(14-6-4-3-5-7-14)18(20)15-10-11-22-16(12-15)13-8-9-13;1-2-23-20(22)19-17(14-6-4-3-5-7-14)18(19)15-10-11-21-16(12-15)13-8-9-13;20-19(16(23)11-22)17(13-4-2-1-3-5-13)18(19)14-8-9-21-15(10-14)12-6-7-12;1-2-16-13(15)6-3-10-7-8-14-12(9-10)11-4-5-11;9-7-3-4-10-8(5-7)6-1-2-6/h3-7,10-13,17-18H,2,8-9H2,1H3;3-7,10-13,17-19H,2,8-9H2,1H3;1-5,8-10,12,17-18,22H,6-7,11H2;3,6-9,11H,2,4-5H2,1H3;3-6H,1-2H2/b;;;6-3-;/t17-,18-,20-;2*17-,18-,19-;;/m111../s1. The Morgan fingerprint density at radius 2 is 0.833 bits per heavy atom. The van der Waals surface area contributed by atoms with E-state index in [9.17, 15) is 24.3 Å². The minimum absolute atomic E-state index is 0.0631. The second kappa shape index (κ2) is 30.3. The molecule has 16 heteroatoms. The van der Waals surface area contributed by atoms with Crippen molar-refractivity contribution in [1.29, 1.82) is 0 Å². The first-order chi connectivity index (χ1) is 46.8. The van der Waals surface area contributed by atoms with Crippen molar-refractivity contribution in [3.05, 3.63) is 261 Å². The summed E-state index contributed by atoms with van der Waals surface area (Å²) in [6, 6.07) is 48.7. The van der Waals surface area contributed by atoms with Gasteiger partial charge < -0.3 is 19.3 Å². The van der Waals surface area contributed by atoms with Crippen LogP contribution in [0.15, 0.2) is 193 Å². The van der Waals surface area contributed by atoms with Crippen LogP contribution in [0.2, 0.25) is 0 Å². The highest BCUT2D eigenvalue weighted by Crippen LogP contribution is 2.68. The number of esters is 3. The van der Waals surface area contributed by atoms with E-state index in [1.807, 2.05) is 135 Å². The van der Waals surface area contributed by atoms with Crippen molar-refractivity contribution < 1.29 is 47.3 Å². The minimum atomic E-state index is -2.02. The third-order valence-corrected chi connectivity index (χ3v) is 19.7. The fraction of sp³-hybridized carbons (Fsp3) is 0.388. The summed E-state index contributed by atoms with van der Waals surface area (Å²) in [5.41, 5.74) is 8.30. The van der Waals surface area contributed by atoms with Gasteiger partial charge in [-0.25, -0.2) is 18.4 Å². The zero-order chi connectivity index (χ0) is 66.9. The third-order valence-electron chi connectivity index (χ3n) is 19.2. The fourth-order valence-corrected chi connectivity index (χ4v) is 13.8. The lowest BCUT2D eigenvalue weighted by atomic mass is 10.0. The van der Waals surface area contributed by atoms with Gasteiger partial charge in [0.1, 0.15) is 6.61 Å². The van der Waals surface area contributed by atoms with Crippen LogP contribution in [0.5, 0.6) is 0 Å². The molecule has 0 spiro atoms. The van der Waals surface area contributed by atoms with E-state index in [1.54, 1.807) is 44.6 Å². The Bertz CT molecular complexity index is 4040. The first-order valence-electron chi connectivity index (χ1n) is 34.1. The Morgan fingerprint density at radius 1 is 0.458 bits per heavy atom. The Balaban J connectivity index is 0.000000118. The van der Waals surface area contributed by atoms with E-state index in [-0.39, 0.29) is 36.3 Å². The van der Waals surface area contributed by atoms with Crippen LogP contribution in [-0.2, 0) is 33.4 Å². The van der Waals surface area contributed by atoms with E-state index in [2.05, 4.69) is 71.2 Å². The van der Waals surface area contributed by atoms with Crippen LogP contribution in [-0.4, -0.2) is 91.5 Å². The number of nitrogens with zero attached hydrogens (tertiary/aromatic N) is 5. The van der Waals surface area contributed by atoms with Crippen molar-refractivity contribution in [3.63, 3.8) is 0 Å². The number of carbonyl (C=O) groups excluding carboxylic acids is 4. The van der Waals surface area contributed by atoms with E-state index in [0.717, 1.165) is 81.0 Å². The predicted octanol–water partition coefficient (Wildman–Crippen LogP) is 16.5. The molecule has 0 bridgehead atoms. The molecule has 8 aromatic rings. The smallest absolute Gasteiger partial charge is 0.345 e. The van der Waals surface area contributed by atoms with Gasteiger partial charge in [0.2, 0.25) is 5.67 Å². The molecule has 8 aliphatic carbocycles. The number of aromatic nitrogens is 5. The van der Waals surface area contributed by atoms with Crippen molar-refractivity contribution in [2.45, 2.75) is 161 Å². The molecular formula is C80H82BrF2N5O8. The number of carbonyl (C=O) groups is 4. The lowest BCUT2D eigenvalue weighted by molar-refractivity contribution is -0.151. The van der Waals surface area contributed by atoms with Crippen molar-refractivity contribution >= 4 is 45.7 Å². The maximum absolute atomic E-state index is 15.6. The van der Waals surface area contributed by atoms with Gasteiger partial charge in [-0.15, -0.1) is 0 Å². The minimum Gasteiger partial charge on any atom is -0.466 e. The molecule has 0 radical (unpaired) electrons. The molecule has 3 aromatic carbocycles. The molecule has 16 rings (SSSR count). The Hall–Kier alpha value is -8.47. The number of aliphatic hydroxyl groups is 1. The summed E-state index contributed by atoms with van der Waals surface area (Å²) in [6.45, 7) is 5.63. The third kappa shape index (κ3) is 16.1. The summed E-state index contributed by atoms with van der Waals surface area (Å²) in [4.78, 5) is 69.7. The summed E-state index contributed by atoms with van der Waals surface area (Å²) in [5, 5.41) is 9.19. The summed E-state index contributed by atoms with van der Waals surface area (Å²) < 4.78 is 47.3. The van der Waals surface area contributed by atoms with Gasteiger partial charge in [-0.1, -0.05) is 107 Å². The molecule has 8 saturated carbocycles. The van der Waals surface area contributed by atoms with E-state index in [0.29, 0.717) is 36.9 Å². The Labute approximate surface area is 569 Å². The molecule has 496 valence electrons. The van der Waals surface area contributed by atoms with Gasteiger partial charge in [0, 0.05) is 135 Å². The monoisotopic (exact) mass is 1360 g/mol. The number of ketones is 1. The van der Waals surface area contributed by atoms with Crippen LogP contribution in [0.4, 0.5) is 8.78 Å². The fourth-order valence-electron chi connectivity index (χ4n) is 13.4. The number of halogens is 3. The van der Waals surface area contributed by atoms with Crippen LogP contribution in [0.25, 0.3) is 6.08 Å². The number of benzene rings is 3. The summed E-state index contributed by atoms with van der Waals surface area (Å²) in [7, 11) is 0. The number of pyridine rings is 5. The topological polar surface area (TPSA) is 181 Å². The number of Topliss-reactive ketones (excluding diaryl/α,β-unsaturated/α-hetero) is 1. The van der Waals surface area contributed by atoms with Crippen molar-refractivity contribution in [2.24, 2.45) is 5.92 Å². The number of hydrogen-bond acceptors (Lipinski definition) is 13. The van der Waals surface area contributed by atoms with Crippen molar-refractivity contribution in [3.8, 4) is 0 Å². The average molecular weight is 1360 g/mol. The number of aliphatic hydroxyl groups excluding tert-OH is 1. The quantitative estimate of drug-likeness (QED) is 0.0433. The summed E-state index contributed by atoms with van der Waals surface area (Å²) >= 11 is 3.42. The van der Waals surface area contributed by atoms with Crippen LogP contribution in [0.3, 0.4) is 0 Å². The summed E-state index contributed by atoms with van der Waals surface area (Å²) in [6.07, 6.45) is 24.3.